The highest BCUT2D eigenvalue weighted by Crippen LogP contribution is 2.27. The van der Waals surface area contributed by atoms with Gasteiger partial charge >= 0.3 is 6.01 Å². The van der Waals surface area contributed by atoms with Gasteiger partial charge in [0.25, 0.3) is 0 Å². The summed E-state index contributed by atoms with van der Waals surface area (Å²) in [6.45, 7) is 4.41. The lowest BCUT2D eigenvalue weighted by molar-refractivity contribution is -0.119. The number of methoxy groups -OCH3 is 1. The Morgan fingerprint density at radius 3 is 2.72 bits per heavy atom. The molecule has 0 atom stereocenters. The van der Waals surface area contributed by atoms with Gasteiger partial charge in [-0.1, -0.05) is 32.0 Å². The third-order valence-corrected chi connectivity index (χ3v) is 3.90. The number of nitrogens with one attached hydrogen (secondary N) is 1. The lowest BCUT2D eigenvalue weighted by atomic mass is 10.2. The number of aromatic nitrogens is 3. The normalized spacial score (nSPS) is 10.9. The minimum Gasteiger partial charge on any atom is -0.462 e. The van der Waals surface area contributed by atoms with E-state index in [2.05, 4.69) is 15.4 Å². The van der Waals surface area contributed by atoms with E-state index in [0.717, 1.165) is 0 Å². The van der Waals surface area contributed by atoms with Crippen LogP contribution in [0.1, 0.15) is 13.8 Å². The molecule has 2 aromatic carbocycles. The lowest BCUT2D eigenvalue weighted by Crippen LogP contribution is -2.17. The molecule has 0 aliphatic heterocycles. The second kappa shape index (κ2) is 9.29. The minimum absolute atomic E-state index is 0.0543. The van der Waals surface area contributed by atoms with Gasteiger partial charge in [0.15, 0.2) is 5.82 Å². The molecular formula is C21H23FN4O3. The largest absolute Gasteiger partial charge is 0.462 e. The first-order valence-corrected chi connectivity index (χ1v) is 9.22. The number of anilines is 1. The predicted octanol–water partition coefficient (Wildman–Crippen LogP) is 3.69. The van der Waals surface area contributed by atoms with Gasteiger partial charge < -0.3 is 14.8 Å². The Hall–Kier alpha value is -3.26. The van der Waals surface area contributed by atoms with Crippen LogP contribution >= 0.6 is 0 Å². The summed E-state index contributed by atoms with van der Waals surface area (Å²) < 4.78 is 26.4. The van der Waals surface area contributed by atoms with Crippen LogP contribution in [0.15, 0.2) is 48.5 Å². The number of benzene rings is 2. The van der Waals surface area contributed by atoms with Crippen LogP contribution in [0.5, 0.6) is 6.01 Å². The quantitative estimate of drug-likeness (QED) is 0.626. The Labute approximate surface area is 168 Å². The number of hydrogen-bond donors (Lipinski definition) is 1. The van der Waals surface area contributed by atoms with Gasteiger partial charge in [-0.25, -0.2) is 9.07 Å². The summed E-state index contributed by atoms with van der Waals surface area (Å²) in [5.74, 6) is -0.0972. The SMILES string of the molecule is COCC(=O)Nc1cccc(-n2nc(OCC(C)C)nc2-c2ccccc2F)c1. The summed E-state index contributed by atoms with van der Waals surface area (Å²) in [5, 5.41) is 7.15. The summed E-state index contributed by atoms with van der Waals surface area (Å²) >= 11 is 0. The van der Waals surface area contributed by atoms with Crippen LogP contribution in [0.3, 0.4) is 0 Å². The number of carbonyl (C=O) groups is 1. The fourth-order valence-electron chi connectivity index (χ4n) is 2.64. The number of amides is 1. The molecule has 1 amide bonds. The Bertz CT molecular complexity index is 988. The molecule has 0 bridgehead atoms. The number of hydrogen-bond acceptors (Lipinski definition) is 5. The maximum atomic E-state index is 14.4. The lowest BCUT2D eigenvalue weighted by Gasteiger charge is -2.09. The molecule has 152 valence electrons. The number of ether oxygens (including phenoxy) is 2. The number of halogens is 1. The van der Waals surface area contributed by atoms with E-state index in [4.69, 9.17) is 9.47 Å². The van der Waals surface area contributed by atoms with E-state index in [1.807, 2.05) is 13.8 Å². The standard InChI is InChI=1S/C21H23FN4O3/c1-14(2)12-29-21-24-20(17-9-4-5-10-18(17)22)26(25-21)16-8-6-7-15(11-16)23-19(27)13-28-3/h4-11,14H,12-13H2,1-3H3,(H,23,27). The van der Waals surface area contributed by atoms with E-state index in [-0.39, 0.29) is 24.4 Å². The molecule has 1 heterocycles. The molecule has 0 fully saturated rings. The zero-order valence-corrected chi connectivity index (χ0v) is 16.6. The summed E-state index contributed by atoms with van der Waals surface area (Å²) in [5.41, 5.74) is 1.46. The Kier molecular flexibility index (Phi) is 6.56. The first kappa shape index (κ1) is 20.5. The third kappa shape index (κ3) is 5.17. The monoisotopic (exact) mass is 398 g/mol. The van der Waals surface area contributed by atoms with Gasteiger partial charge in [0.2, 0.25) is 5.91 Å². The molecule has 3 aromatic rings. The van der Waals surface area contributed by atoms with Crippen LogP contribution in [0.2, 0.25) is 0 Å². The molecular weight excluding hydrogens is 375 g/mol. The molecule has 0 saturated carbocycles. The molecule has 3 rings (SSSR count). The van der Waals surface area contributed by atoms with Crippen LogP contribution in [-0.4, -0.2) is 41.0 Å². The Balaban J connectivity index is 2.01. The minimum atomic E-state index is -0.416. The van der Waals surface area contributed by atoms with Crippen molar-refractivity contribution in [2.24, 2.45) is 5.92 Å². The molecule has 0 radical (unpaired) electrons. The average molecular weight is 398 g/mol. The molecule has 29 heavy (non-hydrogen) atoms. The van der Waals surface area contributed by atoms with Crippen molar-refractivity contribution in [3.63, 3.8) is 0 Å². The molecule has 8 heteroatoms. The van der Waals surface area contributed by atoms with E-state index >= 15 is 0 Å². The van der Waals surface area contributed by atoms with E-state index in [9.17, 15) is 9.18 Å². The van der Waals surface area contributed by atoms with Crippen LogP contribution in [0.4, 0.5) is 10.1 Å². The number of nitrogens with zero attached hydrogens (tertiary/aromatic N) is 3. The van der Waals surface area contributed by atoms with E-state index in [0.29, 0.717) is 29.4 Å². The van der Waals surface area contributed by atoms with Gasteiger partial charge in [0, 0.05) is 12.8 Å². The molecule has 7 nitrogen and oxygen atoms in total. The van der Waals surface area contributed by atoms with Gasteiger partial charge in [-0.15, -0.1) is 5.10 Å². The van der Waals surface area contributed by atoms with Crippen molar-refractivity contribution in [2.75, 3.05) is 25.6 Å². The second-order valence-electron chi connectivity index (χ2n) is 6.85. The summed E-state index contributed by atoms with van der Waals surface area (Å²) in [6.07, 6.45) is 0. The molecule has 1 N–H and O–H groups in total. The molecule has 0 spiro atoms. The van der Waals surface area contributed by atoms with Crippen LogP contribution < -0.4 is 10.1 Å². The van der Waals surface area contributed by atoms with Gasteiger partial charge in [0.1, 0.15) is 12.4 Å². The number of rotatable bonds is 8. The van der Waals surface area contributed by atoms with Crippen LogP contribution in [0.25, 0.3) is 17.1 Å². The molecule has 0 aliphatic rings. The van der Waals surface area contributed by atoms with Crippen molar-refractivity contribution in [1.82, 2.24) is 14.8 Å². The zero-order chi connectivity index (χ0) is 20.8. The van der Waals surface area contributed by atoms with E-state index in [1.165, 1.54) is 17.9 Å². The highest BCUT2D eigenvalue weighted by Gasteiger charge is 2.18. The second-order valence-corrected chi connectivity index (χ2v) is 6.85. The van der Waals surface area contributed by atoms with Gasteiger partial charge in [-0.2, -0.15) is 4.98 Å². The maximum Gasteiger partial charge on any atom is 0.336 e. The summed E-state index contributed by atoms with van der Waals surface area (Å²) in [7, 11) is 1.45. The third-order valence-electron chi connectivity index (χ3n) is 3.90. The Morgan fingerprint density at radius 1 is 1.21 bits per heavy atom. The molecule has 0 aliphatic carbocycles. The van der Waals surface area contributed by atoms with Gasteiger partial charge in [-0.05, 0) is 36.2 Å². The average Bonchev–Trinajstić information content (AvgIpc) is 3.11. The van der Waals surface area contributed by atoms with Crippen molar-refractivity contribution in [1.29, 1.82) is 0 Å². The van der Waals surface area contributed by atoms with Crippen LogP contribution in [0, 0.1) is 11.7 Å². The highest BCUT2D eigenvalue weighted by molar-refractivity contribution is 5.91. The molecule has 0 unspecified atom stereocenters. The van der Waals surface area contributed by atoms with E-state index in [1.54, 1.807) is 42.5 Å². The van der Waals surface area contributed by atoms with Crippen molar-refractivity contribution in [3.8, 4) is 23.1 Å². The topological polar surface area (TPSA) is 78.3 Å². The Morgan fingerprint density at radius 2 is 2.00 bits per heavy atom. The smallest absolute Gasteiger partial charge is 0.336 e. The summed E-state index contributed by atoms with van der Waals surface area (Å²) in [4.78, 5) is 16.2. The van der Waals surface area contributed by atoms with Gasteiger partial charge in [0.05, 0.1) is 17.9 Å². The zero-order valence-electron chi connectivity index (χ0n) is 16.6. The molecule has 1 aromatic heterocycles. The fraction of sp³-hybridized carbons (Fsp3) is 0.286. The fourth-order valence-corrected chi connectivity index (χ4v) is 2.64. The maximum absolute atomic E-state index is 14.4. The van der Waals surface area contributed by atoms with E-state index < -0.39 is 5.82 Å². The van der Waals surface area contributed by atoms with Crippen molar-refractivity contribution < 1.29 is 18.7 Å². The van der Waals surface area contributed by atoms with Crippen molar-refractivity contribution in [2.45, 2.75) is 13.8 Å². The first-order valence-electron chi connectivity index (χ1n) is 9.22. The first-order chi connectivity index (χ1) is 14.0. The predicted molar refractivity (Wildman–Crippen MR) is 108 cm³/mol. The summed E-state index contributed by atoms with van der Waals surface area (Å²) in [6, 6.07) is 13.5. The van der Waals surface area contributed by atoms with Gasteiger partial charge in [-0.3, -0.25) is 4.79 Å². The van der Waals surface area contributed by atoms with Crippen LogP contribution in [-0.2, 0) is 9.53 Å². The van der Waals surface area contributed by atoms with Crippen molar-refractivity contribution >= 4 is 11.6 Å². The van der Waals surface area contributed by atoms with Crippen molar-refractivity contribution in [3.05, 3.63) is 54.3 Å². The molecule has 0 saturated heterocycles. The highest BCUT2D eigenvalue weighted by atomic mass is 19.1. The number of carbonyl (C=O) groups excluding carboxylic acids is 1.